The molecule has 2 aromatic rings. The van der Waals surface area contributed by atoms with E-state index in [-0.39, 0.29) is 12.1 Å². The molecule has 100 valence electrons. The molecule has 0 saturated heterocycles. The minimum Gasteiger partial charge on any atom is -0.482 e. The van der Waals surface area contributed by atoms with Gasteiger partial charge in [-0.3, -0.25) is 9.97 Å². The number of ether oxygens (including phenoxy) is 1. The predicted molar refractivity (Wildman–Crippen MR) is 77.8 cm³/mol. The molecule has 2 atom stereocenters. The van der Waals surface area contributed by atoms with Crippen LogP contribution in [0.3, 0.4) is 0 Å². The fraction of sp³-hybridized carbons (Fsp3) is 0.286. The van der Waals surface area contributed by atoms with E-state index in [1.54, 1.807) is 24.8 Å². The number of rotatable bonds is 5. The molecule has 2 heterocycles. The van der Waals surface area contributed by atoms with Gasteiger partial charge in [0, 0.05) is 29.1 Å². The van der Waals surface area contributed by atoms with Gasteiger partial charge in [-0.25, -0.2) is 0 Å². The average Bonchev–Trinajstić information content (AvgIpc) is 2.45. The van der Waals surface area contributed by atoms with Crippen LogP contribution in [0, 0.1) is 0 Å². The van der Waals surface area contributed by atoms with Crippen LogP contribution in [0.2, 0.25) is 0 Å². The zero-order chi connectivity index (χ0) is 13.7. The van der Waals surface area contributed by atoms with Gasteiger partial charge >= 0.3 is 0 Å². The first-order valence-corrected chi connectivity index (χ1v) is 6.92. The van der Waals surface area contributed by atoms with Crippen LogP contribution in [0.15, 0.2) is 47.5 Å². The highest BCUT2D eigenvalue weighted by molar-refractivity contribution is 9.10. The van der Waals surface area contributed by atoms with Gasteiger partial charge in [-0.05, 0) is 46.1 Å². The molecule has 2 rings (SSSR count). The van der Waals surface area contributed by atoms with Crippen LogP contribution in [0.25, 0.3) is 0 Å². The van der Waals surface area contributed by atoms with Crippen molar-refractivity contribution in [2.45, 2.75) is 25.5 Å². The largest absolute Gasteiger partial charge is 0.482 e. The normalized spacial score (nSPS) is 13.8. The number of nitrogens with two attached hydrogens (primary N) is 1. The second-order valence-electron chi connectivity index (χ2n) is 4.23. The molecule has 0 radical (unpaired) electrons. The van der Waals surface area contributed by atoms with E-state index in [0.29, 0.717) is 5.75 Å². The smallest absolute Gasteiger partial charge is 0.139 e. The summed E-state index contributed by atoms with van der Waals surface area (Å²) >= 11 is 3.38. The summed E-state index contributed by atoms with van der Waals surface area (Å²) in [5, 5.41) is 0. The van der Waals surface area contributed by atoms with Gasteiger partial charge in [0.2, 0.25) is 0 Å². The lowest BCUT2D eigenvalue weighted by Gasteiger charge is -2.24. The summed E-state index contributed by atoms with van der Waals surface area (Å²) in [6.07, 6.45) is 7.51. The van der Waals surface area contributed by atoms with Crippen molar-refractivity contribution in [3.63, 3.8) is 0 Å². The molecule has 0 aliphatic rings. The number of pyridine rings is 2. The fourth-order valence-electron chi connectivity index (χ4n) is 1.77. The molecule has 0 saturated carbocycles. The van der Waals surface area contributed by atoms with Crippen LogP contribution in [-0.2, 0) is 0 Å². The highest BCUT2D eigenvalue weighted by atomic mass is 79.9. The monoisotopic (exact) mass is 321 g/mol. The van der Waals surface area contributed by atoms with E-state index >= 15 is 0 Å². The first-order chi connectivity index (χ1) is 9.20. The van der Waals surface area contributed by atoms with E-state index in [9.17, 15) is 0 Å². The Bertz CT molecular complexity index is 521. The van der Waals surface area contributed by atoms with Crippen LogP contribution < -0.4 is 10.5 Å². The van der Waals surface area contributed by atoms with Crippen LogP contribution in [0.1, 0.15) is 25.0 Å². The first kappa shape index (κ1) is 14.0. The molecule has 2 unspecified atom stereocenters. The Morgan fingerprint density at radius 1 is 1.26 bits per heavy atom. The van der Waals surface area contributed by atoms with Gasteiger partial charge in [0.1, 0.15) is 11.9 Å². The van der Waals surface area contributed by atoms with Crippen molar-refractivity contribution < 1.29 is 4.74 Å². The molecule has 0 spiro atoms. The van der Waals surface area contributed by atoms with Crippen molar-refractivity contribution in [3.05, 3.63) is 53.0 Å². The number of hydrogen-bond donors (Lipinski definition) is 1. The Morgan fingerprint density at radius 3 is 2.63 bits per heavy atom. The topological polar surface area (TPSA) is 61.0 Å². The van der Waals surface area contributed by atoms with E-state index < -0.39 is 0 Å². The number of halogens is 1. The maximum absolute atomic E-state index is 6.16. The summed E-state index contributed by atoms with van der Waals surface area (Å²) < 4.78 is 6.87. The third-order valence-corrected chi connectivity index (χ3v) is 3.27. The predicted octanol–water partition coefficient (Wildman–Crippen LogP) is 3.10. The summed E-state index contributed by atoms with van der Waals surface area (Å²) in [5.74, 6) is 0.695. The lowest BCUT2D eigenvalue weighted by molar-refractivity contribution is 0.170. The SMILES string of the molecule is CCC(N)C(Oc1cncc(Br)c1)c1ccncc1. The second-order valence-corrected chi connectivity index (χ2v) is 5.15. The molecule has 4 nitrogen and oxygen atoms in total. The van der Waals surface area contributed by atoms with Gasteiger partial charge < -0.3 is 10.5 Å². The molecule has 0 bridgehead atoms. The van der Waals surface area contributed by atoms with E-state index in [4.69, 9.17) is 10.5 Å². The van der Waals surface area contributed by atoms with Crippen LogP contribution in [0.5, 0.6) is 5.75 Å². The Labute approximate surface area is 121 Å². The minimum absolute atomic E-state index is 0.0821. The standard InChI is InChI=1S/C14H16BrN3O/c1-2-13(16)14(10-3-5-17-6-4-10)19-12-7-11(15)8-18-9-12/h3-9,13-14H,2,16H2,1H3. The zero-order valence-corrected chi connectivity index (χ0v) is 12.2. The molecule has 0 amide bonds. The number of nitrogens with zero attached hydrogens (tertiary/aromatic N) is 2. The van der Waals surface area contributed by atoms with Crippen molar-refractivity contribution >= 4 is 15.9 Å². The van der Waals surface area contributed by atoms with Gasteiger partial charge in [0.25, 0.3) is 0 Å². The van der Waals surface area contributed by atoms with Crippen molar-refractivity contribution in [3.8, 4) is 5.75 Å². The van der Waals surface area contributed by atoms with Crippen molar-refractivity contribution in [1.29, 1.82) is 0 Å². The zero-order valence-electron chi connectivity index (χ0n) is 10.7. The summed E-state index contributed by atoms with van der Waals surface area (Å²) in [5.41, 5.74) is 7.18. The van der Waals surface area contributed by atoms with Crippen LogP contribution in [0.4, 0.5) is 0 Å². The van der Waals surface area contributed by atoms with Gasteiger partial charge in [0.15, 0.2) is 0 Å². The Hall–Kier alpha value is -1.46. The maximum atomic E-state index is 6.16. The van der Waals surface area contributed by atoms with Crippen molar-refractivity contribution in [2.75, 3.05) is 0 Å². The van der Waals surface area contributed by atoms with Crippen LogP contribution >= 0.6 is 15.9 Å². The molecule has 5 heteroatoms. The minimum atomic E-state index is -0.205. The Balaban J connectivity index is 2.24. The fourth-order valence-corrected chi connectivity index (χ4v) is 2.12. The average molecular weight is 322 g/mol. The molecule has 0 aliphatic carbocycles. The lowest BCUT2D eigenvalue weighted by Crippen LogP contribution is -2.31. The Morgan fingerprint density at radius 2 is 2.00 bits per heavy atom. The molecule has 0 fully saturated rings. The van der Waals surface area contributed by atoms with Gasteiger partial charge in [-0.1, -0.05) is 6.92 Å². The van der Waals surface area contributed by atoms with Crippen molar-refractivity contribution in [1.82, 2.24) is 9.97 Å². The molecular formula is C14H16BrN3O. The number of aromatic nitrogens is 2. The van der Waals surface area contributed by atoms with Gasteiger partial charge in [-0.2, -0.15) is 0 Å². The maximum Gasteiger partial charge on any atom is 0.139 e. The summed E-state index contributed by atoms with van der Waals surface area (Å²) in [4.78, 5) is 8.11. The molecule has 0 aliphatic heterocycles. The quantitative estimate of drug-likeness (QED) is 0.919. The highest BCUT2D eigenvalue weighted by Crippen LogP contribution is 2.26. The van der Waals surface area contributed by atoms with E-state index in [1.165, 1.54) is 0 Å². The Kier molecular flexibility index (Phi) is 4.87. The summed E-state index contributed by atoms with van der Waals surface area (Å²) in [6.45, 7) is 2.04. The lowest BCUT2D eigenvalue weighted by atomic mass is 10.0. The molecule has 2 aromatic heterocycles. The van der Waals surface area contributed by atoms with E-state index in [1.807, 2.05) is 25.1 Å². The first-order valence-electron chi connectivity index (χ1n) is 6.13. The summed E-state index contributed by atoms with van der Waals surface area (Å²) in [6, 6.07) is 5.64. The van der Waals surface area contributed by atoms with Crippen LogP contribution in [-0.4, -0.2) is 16.0 Å². The van der Waals surface area contributed by atoms with E-state index in [2.05, 4.69) is 25.9 Å². The molecular weight excluding hydrogens is 306 g/mol. The molecule has 0 aromatic carbocycles. The highest BCUT2D eigenvalue weighted by Gasteiger charge is 2.20. The van der Waals surface area contributed by atoms with Crippen molar-refractivity contribution in [2.24, 2.45) is 5.73 Å². The third kappa shape index (κ3) is 3.75. The third-order valence-electron chi connectivity index (χ3n) is 2.84. The number of hydrogen-bond acceptors (Lipinski definition) is 4. The van der Waals surface area contributed by atoms with E-state index in [0.717, 1.165) is 16.5 Å². The van der Waals surface area contributed by atoms with Gasteiger partial charge in [-0.15, -0.1) is 0 Å². The summed E-state index contributed by atoms with van der Waals surface area (Å²) in [7, 11) is 0. The second kappa shape index (κ2) is 6.63. The molecule has 2 N–H and O–H groups in total. The van der Waals surface area contributed by atoms with Gasteiger partial charge in [0.05, 0.1) is 6.20 Å². The molecule has 19 heavy (non-hydrogen) atoms.